The Morgan fingerprint density at radius 2 is 0.536 bits per heavy atom. The Morgan fingerprint density at radius 1 is 0.357 bits per heavy atom. The molecule has 0 heteroatoms. The molecule has 174 valence electrons. The summed E-state index contributed by atoms with van der Waals surface area (Å²) in [6, 6.07) is 0. The molecule has 0 radical (unpaired) electrons. The molecule has 0 aliphatic heterocycles. The lowest BCUT2D eigenvalue weighted by Crippen LogP contribution is -2.43. The number of rotatable bonds is 0. The first kappa shape index (κ1) is 32.7. The van der Waals surface area contributed by atoms with Gasteiger partial charge in [0.05, 0.1) is 0 Å². The second-order valence-electron chi connectivity index (χ2n) is 13.4. The van der Waals surface area contributed by atoms with Gasteiger partial charge in [0.1, 0.15) is 0 Å². The van der Waals surface area contributed by atoms with Gasteiger partial charge >= 0.3 is 0 Å². The van der Waals surface area contributed by atoms with E-state index in [0.29, 0.717) is 21.7 Å². The van der Waals surface area contributed by atoms with Crippen LogP contribution in [0.5, 0.6) is 0 Å². The molecule has 0 amide bonds. The molecule has 0 spiro atoms. The summed E-state index contributed by atoms with van der Waals surface area (Å²) in [6.07, 6.45) is 7.25. The molecule has 2 aliphatic rings. The number of hydrogen-bond acceptors (Lipinski definition) is 0. The average Bonchev–Trinajstić information content (AvgIpc) is 2.69. The van der Waals surface area contributed by atoms with Crippen LogP contribution in [0.15, 0.2) is 0 Å². The average molecular weight is 399 g/mol. The van der Waals surface area contributed by atoms with Gasteiger partial charge in [-0.15, -0.1) is 0 Å². The summed E-state index contributed by atoms with van der Waals surface area (Å²) >= 11 is 0. The first-order valence-corrected chi connectivity index (χ1v) is 11.0. The summed E-state index contributed by atoms with van der Waals surface area (Å²) in [5, 5.41) is 0. The van der Waals surface area contributed by atoms with Gasteiger partial charge in [0.25, 0.3) is 0 Å². The van der Waals surface area contributed by atoms with Crippen molar-refractivity contribution in [1.82, 2.24) is 0 Å². The summed E-state index contributed by atoms with van der Waals surface area (Å²) in [5.74, 6) is 3.79. The van der Waals surface area contributed by atoms with E-state index in [4.69, 9.17) is 0 Å². The Morgan fingerprint density at radius 3 is 0.679 bits per heavy atom. The fourth-order valence-electron chi connectivity index (χ4n) is 5.61. The SMILES string of the molecule is C.C.C.CC(C)(C)C1CCC1C(C)(C)C.CC(C)(C)C1CCCC1C(C)(C)C. The van der Waals surface area contributed by atoms with E-state index >= 15 is 0 Å². The second-order valence-corrected chi connectivity index (χ2v) is 13.4. The zero-order valence-electron chi connectivity index (χ0n) is 19.8. The highest BCUT2D eigenvalue weighted by atomic mass is 14.5. The summed E-state index contributed by atoms with van der Waals surface area (Å²) in [5.41, 5.74) is 2.06. The predicted octanol–water partition coefficient (Wildman–Crippen LogP) is 10.5. The van der Waals surface area contributed by atoms with Gasteiger partial charge in [0.15, 0.2) is 0 Å². The topological polar surface area (TPSA) is 0 Å². The van der Waals surface area contributed by atoms with Crippen molar-refractivity contribution in [1.29, 1.82) is 0 Å². The summed E-state index contributed by atoms with van der Waals surface area (Å²) in [6.45, 7) is 28.7. The molecule has 0 bridgehead atoms. The third-order valence-electron chi connectivity index (χ3n) is 7.24. The smallest absolute Gasteiger partial charge is 0.0332 e. The van der Waals surface area contributed by atoms with Gasteiger partial charge in [-0.3, -0.25) is 0 Å². The number of hydrogen-bond donors (Lipinski definition) is 0. The van der Waals surface area contributed by atoms with Gasteiger partial charge in [-0.2, -0.15) is 0 Å². The largest absolute Gasteiger partial charge is 0.0776 e. The first-order chi connectivity index (χ1) is 11.0. The lowest BCUT2D eigenvalue weighted by molar-refractivity contribution is -0.0163. The van der Waals surface area contributed by atoms with Crippen molar-refractivity contribution < 1.29 is 0 Å². The highest BCUT2D eigenvalue weighted by Crippen LogP contribution is 2.53. The molecule has 2 rings (SSSR count). The molecule has 0 heterocycles. The van der Waals surface area contributed by atoms with Crippen molar-refractivity contribution in [3.8, 4) is 0 Å². The van der Waals surface area contributed by atoms with Crippen LogP contribution >= 0.6 is 0 Å². The van der Waals surface area contributed by atoms with Gasteiger partial charge in [-0.25, -0.2) is 0 Å². The molecule has 0 nitrogen and oxygen atoms in total. The quantitative estimate of drug-likeness (QED) is 0.380. The van der Waals surface area contributed by atoms with E-state index in [2.05, 4.69) is 83.1 Å². The third kappa shape index (κ3) is 8.79. The maximum Gasteiger partial charge on any atom is -0.0332 e. The van der Waals surface area contributed by atoms with Crippen LogP contribution < -0.4 is 0 Å². The zero-order valence-corrected chi connectivity index (χ0v) is 19.8. The third-order valence-corrected chi connectivity index (χ3v) is 7.24. The van der Waals surface area contributed by atoms with Crippen LogP contribution in [0.2, 0.25) is 0 Å². The van der Waals surface area contributed by atoms with E-state index < -0.39 is 0 Å². The Balaban J connectivity index is -0.000000404. The zero-order chi connectivity index (χ0) is 19.8. The monoisotopic (exact) mass is 398 g/mol. The maximum absolute atomic E-state index is 2.40. The Labute approximate surface area is 183 Å². The van der Waals surface area contributed by atoms with E-state index in [0.717, 1.165) is 23.7 Å². The van der Waals surface area contributed by atoms with Crippen LogP contribution in [0.1, 0.15) is 137 Å². The second kappa shape index (κ2) is 10.9. The van der Waals surface area contributed by atoms with Gasteiger partial charge < -0.3 is 0 Å². The molecule has 0 N–H and O–H groups in total. The van der Waals surface area contributed by atoms with Crippen molar-refractivity contribution >= 4 is 0 Å². The fourth-order valence-corrected chi connectivity index (χ4v) is 5.61. The molecule has 0 aromatic rings. The van der Waals surface area contributed by atoms with Crippen molar-refractivity contribution in [2.75, 3.05) is 0 Å². The minimum absolute atomic E-state index is 0. The van der Waals surface area contributed by atoms with Gasteiger partial charge in [-0.1, -0.05) is 112 Å². The minimum Gasteiger partial charge on any atom is -0.0776 e. The predicted molar refractivity (Wildman–Crippen MR) is 135 cm³/mol. The van der Waals surface area contributed by atoms with Crippen LogP contribution in [-0.4, -0.2) is 0 Å². The molecule has 4 unspecified atom stereocenters. The molecular weight excluding hydrogens is 336 g/mol. The summed E-state index contributed by atoms with van der Waals surface area (Å²) < 4.78 is 0. The Kier molecular flexibility index (Phi) is 12.7. The van der Waals surface area contributed by atoms with Crippen LogP contribution in [0, 0.1) is 45.3 Å². The summed E-state index contributed by atoms with van der Waals surface area (Å²) in [7, 11) is 0. The molecule has 0 aromatic heterocycles. The van der Waals surface area contributed by atoms with Crippen LogP contribution in [0.25, 0.3) is 0 Å². The van der Waals surface area contributed by atoms with Gasteiger partial charge in [-0.05, 0) is 71.0 Å². The van der Waals surface area contributed by atoms with Crippen molar-refractivity contribution in [2.24, 2.45) is 45.3 Å². The van der Waals surface area contributed by atoms with Crippen molar-refractivity contribution in [3.63, 3.8) is 0 Å². The highest BCUT2D eigenvalue weighted by molar-refractivity contribution is 4.94. The maximum atomic E-state index is 2.40. The lowest BCUT2D eigenvalue weighted by Gasteiger charge is -2.51. The van der Waals surface area contributed by atoms with Crippen molar-refractivity contribution in [2.45, 2.75) is 137 Å². The Bertz CT molecular complexity index is 361. The molecular formula is C28H62. The van der Waals surface area contributed by atoms with E-state index in [1.807, 2.05) is 0 Å². The highest BCUT2D eigenvalue weighted by Gasteiger charge is 2.44. The molecule has 0 aromatic carbocycles. The van der Waals surface area contributed by atoms with Crippen LogP contribution in [0.3, 0.4) is 0 Å². The Hall–Kier alpha value is 0. The molecule has 0 saturated heterocycles. The molecule has 28 heavy (non-hydrogen) atoms. The standard InChI is InChI=1S/C13H26.C12H24.3CH4/c1-12(2,3)10-8-7-9-11(10)13(4,5)6;1-11(2,3)9-7-8-10(9)12(4,5)6;;;/h10-11H,7-9H2,1-6H3;9-10H,7-8H2,1-6H3;3*1H4. The molecule has 2 saturated carbocycles. The minimum atomic E-state index is 0. The van der Waals surface area contributed by atoms with Gasteiger partial charge in [0, 0.05) is 0 Å². The van der Waals surface area contributed by atoms with E-state index in [9.17, 15) is 0 Å². The molecule has 2 fully saturated rings. The first-order valence-electron chi connectivity index (χ1n) is 11.0. The fraction of sp³-hybridized carbons (Fsp3) is 1.00. The lowest BCUT2D eigenvalue weighted by atomic mass is 9.54. The normalized spacial score (nSPS) is 27.9. The van der Waals surface area contributed by atoms with Gasteiger partial charge in [0.2, 0.25) is 0 Å². The molecule has 4 atom stereocenters. The van der Waals surface area contributed by atoms with Crippen molar-refractivity contribution in [3.05, 3.63) is 0 Å². The van der Waals surface area contributed by atoms with E-state index in [1.165, 1.54) is 32.1 Å². The van der Waals surface area contributed by atoms with Crippen LogP contribution in [0.4, 0.5) is 0 Å². The van der Waals surface area contributed by atoms with E-state index in [-0.39, 0.29) is 22.3 Å². The summed E-state index contributed by atoms with van der Waals surface area (Å²) in [4.78, 5) is 0. The molecule has 2 aliphatic carbocycles. The van der Waals surface area contributed by atoms with Crippen LogP contribution in [-0.2, 0) is 0 Å². The van der Waals surface area contributed by atoms with E-state index in [1.54, 1.807) is 0 Å².